The molecule has 0 aliphatic heterocycles. The van der Waals surface area contributed by atoms with Gasteiger partial charge in [0.05, 0.1) is 7.11 Å². The third kappa shape index (κ3) is 6.48. The van der Waals surface area contributed by atoms with Gasteiger partial charge in [-0.05, 0) is 25.1 Å². The van der Waals surface area contributed by atoms with Crippen molar-refractivity contribution in [3.63, 3.8) is 0 Å². The van der Waals surface area contributed by atoms with Crippen LogP contribution in [0.5, 0.6) is 5.75 Å². The van der Waals surface area contributed by atoms with Gasteiger partial charge in [-0.15, -0.1) is 10.9 Å². The van der Waals surface area contributed by atoms with E-state index in [1.165, 1.54) is 19.2 Å². The molecule has 0 saturated heterocycles. The minimum absolute atomic E-state index is 0. The molecule has 0 aliphatic rings. The summed E-state index contributed by atoms with van der Waals surface area (Å²) in [5.41, 5.74) is 1.16. The SMILES string of the molecule is [CH2-]C[C@H]([CH2-])/C([CH2-])=N/O[C@H](C)C#Cc1ccc(F)c(OC)c1.[Li+]. The Morgan fingerprint density at radius 3 is 2.73 bits per heavy atom. The van der Waals surface area contributed by atoms with E-state index >= 15 is 0 Å². The minimum Gasteiger partial charge on any atom is -0.494 e. The predicted molar refractivity (Wildman–Crippen MR) is 82.0 cm³/mol. The average Bonchev–Trinajstić information content (AvgIpc) is 2.50. The Morgan fingerprint density at radius 2 is 2.14 bits per heavy atom. The summed E-state index contributed by atoms with van der Waals surface area (Å²) in [5.74, 6) is 5.39. The van der Waals surface area contributed by atoms with Crippen LogP contribution in [0.2, 0.25) is 0 Å². The fraction of sp³-hybridized carbons (Fsp3) is 0.294. The van der Waals surface area contributed by atoms with Crippen LogP contribution in [-0.4, -0.2) is 18.9 Å². The molecular formula is C17H19FLiNO2-2. The molecule has 2 atom stereocenters. The first-order valence-corrected chi connectivity index (χ1v) is 6.51. The summed E-state index contributed by atoms with van der Waals surface area (Å²) in [4.78, 5) is 5.21. The number of nitrogens with zero attached hydrogens (tertiary/aromatic N) is 1. The van der Waals surface area contributed by atoms with E-state index in [0.29, 0.717) is 17.7 Å². The van der Waals surface area contributed by atoms with Gasteiger partial charge in [-0.25, -0.2) is 10.8 Å². The Labute approximate surface area is 144 Å². The zero-order valence-electron chi connectivity index (χ0n) is 13.4. The van der Waals surface area contributed by atoms with E-state index in [2.05, 4.69) is 37.8 Å². The smallest absolute Gasteiger partial charge is 0.494 e. The molecule has 0 N–H and O–H groups in total. The molecule has 0 saturated carbocycles. The number of benzene rings is 1. The Kier molecular flexibility index (Phi) is 9.50. The summed E-state index contributed by atoms with van der Waals surface area (Å²) >= 11 is 0. The van der Waals surface area contributed by atoms with E-state index < -0.39 is 11.9 Å². The third-order valence-corrected chi connectivity index (χ3v) is 2.72. The van der Waals surface area contributed by atoms with Crippen molar-refractivity contribution in [2.45, 2.75) is 19.4 Å². The van der Waals surface area contributed by atoms with Crippen molar-refractivity contribution in [1.29, 1.82) is 0 Å². The molecule has 1 aromatic carbocycles. The molecule has 1 rings (SSSR count). The molecule has 0 radical (unpaired) electrons. The Morgan fingerprint density at radius 1 is 1.45 bits per heavy atom. The van der Waals surface area contributed by atoms with Crippen LogP contribution in [0.3, 0.4) is 0 Å². The Balaban J connectivity index is 0.00000441. The first-order chi connectivity index (χ1) is 9.97. The largest absolute Gasteiger partial charge is 1.00 e. The number of methoxy groups -OCH3 is 1. The summed E-state index contributed by atoms with van der Waals surface area (Å²) in [6.45, 7) is 13.1. The first-order valence-electron chi connectivity index (χ1n) is 6.51. The van der Waals surface area contributed by atoms with Gasteiger partial charge >= 0.3 is 18.9 Å². The van der Waals surface area contributed by atoms with Crippen LogP contribution in [0.4, 0.5) is 4.39 Å². The molecule has 0 aromatic heterocycles. The number of rotatable bonds is 5. The topological polar surface area (TPSA) is 30.8 Å². The normalized spacial score (nSPS) is 13.2. The van der Waals surface area contributed by atoms with Gasteiger partial charge in [-0.1, -0.05) is 11.8 Å². The number of hydrogen-bond acceptors (Lipinski definition) is 3. The molecule has 0 spiro atoms. The van der Waals surface area contributed by atoms with E-state index in [-0.39, 0.29) is 30.5 Å². The second-order valence-corrected chi connectivity index (χ2v) is 4.43. The van der Waals surface area contributed by atoms with Gasteiger partial charge in [0, 0.05) is 5.56 Å². The van der Waals surface area contributed by atoms with Crippen LogP contribution < -0.4 is 23.6 Å². The first kappa shape index (κ1) is 20.4. The molecule has 3 nitrogen and oxygen atoms in total. The van der Waals surface area contributed by atoms with Crippen LogP contribution in [0.25, 0.3) is 0 Å². The molecule has 0 bridgehead atoms. The van der Waals surface area contributed by atoms with Crippen molar-refractivity contribution in [1.82, 2.24) is 0 Å². The van der Waals surface area contributed by atoms with Crippen LogP contribution in [0, 0.1) is 44.3 Å². The number of oxime groups is 1. The molecule has 5 heteroatoms. The minimum atomic E-state index is -0.423. The van der Waals surface area contributed by atoms with Gasteiger partial charge in [-0.3, -0.25) is 0 Å². The van der Waals surface area contributed by atoms with Gasteiger partial charge in [0.15, 0.2) is 17.7 Å². The van der Waals surface area contributed by atoms with Crippen molar-refractivity contribution in [3.05, 3.63) is 50.4 Å². The molecular weight excluding hydrogens is 276 g/mol. The van der Waals surface area contributed by atoms with E-state index in [0.717, 1.165) is 0 Å². The van der Waals surface area contributed by atoms with E-state index in [4.69, 9.17) is 9.57 Å². The van der Waals surface area contributed by atoms with E-state index in [9.17, 15) is 4.39 Å². The summed E-state index contributed by atoms with van der Waals surface area (Å²) in [6, 6.07) is 4.41. The van der Waals surface area contributed by atoms with Crippen LogP contribution >= 0.6 is 0 Å². The monoisotopic (exact) mass is 295 g/mol. The van der Waals surface area contributed by atoms with E-state index in [1.54, 1.807) is 13.0 Å². The average molecular weight is 295 g/mol. The van der Waals surface area contributed by atoms with E-state index in [1.807, 2.05) is 0 Å². The fourth-order valence-corrected chi connectivity index (χ4v) is 1.34. The van der Waals surface area contributed by atoms with Crippen molar-refractivity contribution < 1.29 is 32.8 Å². The van der Waals surface area contributed by atoms with Crippen molar-refractivity contribution in [2.75, 3.05) is 7.11 Å². The second-order valence-electron chi connectivity index (χ2n) is 4.43. The molecule has 1 aromatic rings. The summed E-state index contributed by atoms with van der Waals surface area (Å²) in [7, 11) is 1.41. The summed E-state index contributed by atoms with van der Waals surface area (Å²) < 4.78 is 18.1. The fourth-order valence-electron chi connectivity index (χ4n) is 1.34. The molecule has 0 heterocycles. The van der Waals surface area contributed by atoms with Crippen LogP contribution in [-0.2, 0) is 4.84 Å². The number of ether oxygens (including phenoxy) is 1. The molecule has 22 heavy (non-hydrogen) atoms. The van der Waals surface area contributed by atoms with Crippen molar-refractivity contribution >= 4 is 5.71 Å². The molecule has 114 valence electrons. The number of hydrogen-bond donors (Lipinski definition) is 0. The maximum Gasteiger partial charge on any atom is 1.00 e. The molecule has 0 unspecified atom stereocenters. The maximum absolute atomic E-state index is 13.3. The van der Waals surface area contributed by atoms with Crippen LogP contribution in [0.15, 0.2) is 23.4 Å². The van der Waals surface area contributed by atoms with Gasteiger partial charge in [0.1, 0.15) is 0 Å². The van der Waals surface area contributed by atoms with Gasteiger partial charge in [-0.2, -0.15) is 5.92 Å². The number of halogens is 1. The van der Waals surface area contributed by atoms with Crippen molar-refractivity contribution in [3.8, 4) is 17.6 Å². The summed E-state index contributed by atoms with van der Waals surface area (Å²) in [6.07, 6.45) is 0.177. The third-order valence-electron chi connectivity index (χ3n) is 2.72. The summed E-state index contributed by atoms with van der Waals surface area (Å²) in [5, 5.41) is 3.87. The molecule has 0 fully saturated rings. The maximum atomic E-state index is 13.3. The second kappa shape index (κ2) is 10.2. The standard InChI is InChI=1S/C17H19FNO2.Li/c1-6-12(2)14(4)19-21-13(3)7-8-15-9-10-16(18)17(11-15)20-5;/h9-13H,1-2,4,6H2,3,5H3;/q-3;+1/b19-14+;/t12-,13+;/m0./s1. The zero-order chi connectivity index (χ0) is 15.8. The zero-order valence-corrected chi connectivity index (χ0v) is 13.4. The molecule has 0 aliphatic carbocycles. The van der Waals surface area contributed by atoms with Gasteiger partial charge in [0.25, 0.3) is 0 Å². The van der Waals surface area contributed by atoms with Crippen LogP contribution in [0.1, 0.15) is 18.9 Å². The van der Waals surface area contributed by atoms with Gasteiger partial charge in [0.2, 0.25) is 0 Å². The Bertz CT molecular complexity index is 564. The predicted octanol–water partition coefficient (Wildman–Crippen LogP) is 0.459. The van der Waals surface area contributed by atoms with Crippen molar-refractivity contribution in [2.24, 2.45) is 11.1 Å². The van der Waals surface area contributed by atoms with Gasteiger partial charge < -0.3 is 30.3 Å². The molecule has 0 amide bonds. The Hall–Kier alpha value is -1.55. The quantitative estimate of drug-likeness (QED) is 0.260.